The topological polar surface area (TPSA) is 58.9 Å². The maximum Gasteiger partial charge on any atom is 0.430 e. The molecule has 270 valence electrons. The fourth-order valence-corrected chi connectivity index (χ4v) is 8.15. The molecular formula is C46H56B2O4. The van der Waals surface area contributed by atoms with Crippen molar-refractivity contribution in [1.82, 2.24) is 0 Å². The Balaban J connectivity index is 1.56. The van der Waals surface area contributed by atoms with E-state index in [4.69, 9.17) is 9.31 Å². The van der Waals surface area contributed by atoms with Crippen LogP contribution in [-0.4, -0.2) is 24.0 Å². The van der Waals surface area contributed by atoms with Gasteiger partial charge < -0.3 is 19.5 Å². The van der Waals surface area contributed by atoms with Gasteiger partial charge in [-0.05, 0) is 102 Å². The molecule has 0 fully saturated rings. The first-order valence-electron chi connectivity index (χ1n) is 19.4. The first-order valence-corrected chi connectivity index (χ1v) is 19.4. The van der Waals surface area contributed by atoms with E-state index in [2.05, 4.69) is 119 Å². The van der Waals surface area contributed by atoms with Crippen molar-refractivity contribution in [1.29, 1.82) is 0 Å². The highest BCUT2D eigenvalue weighted by atomic mass is 16.6. The predicted molar refractivity (Wildman–Crippen MR) is 222 cm³/mol. The van der Waals surface area contributed by atoms with Crippen molar-refractivity contribution in [2.45, 2.75) is 119 Å². The molecule has 4 aromatic carbocycles. The highest BCUT2D eigenvalue weighted by molar-refractivity contribution is 6.83. The van der Waals surface area contributed by atoms with E-state index in [0.717, 1.165) is 33.0 Å². The van der Waals surface area contributed by atoms with Crippen LogP contribution in [0.1, 0.15) is 163 Å². The zero-order chi connectivity index (χ0) is 37.8. The Bertz CT molecular complexity index is 1840. The number of benzene rings is 4. The monoisotopic (exact) mass is 694 g/mol. The van der Waals surface area contributed by atoms with Gasteiger partial charge in [-0.15, -0.1) is 0 Å². The predicted octanol–water partition coefficient (Wildman–Crippen LogP) is 9.85. The zero-order valence-corrected chi connectivity index (χ0v) is 33.3. The van der Waals surface area contributed by atoms with E-state index in [1.807, 2.05) is 36.4 Å². The minimum absolute atomic E-state index is 0.216. The third-order valence-corrected chi connectivity index (χ3v) is 11.0. The molecule has 0 atom stereocenters. The summed E-state index contributed by atoms with van der Waals surface area (Å²) in [4.78, 5) is 0. The molecule has 2 aliphatic heterocycles. The summed E-state index contributed by atoms with van der Waals surface area (Å²) < 4.78 is 13.4. The quantitative estimate of drug-likeness (QED) is 0.171. The van der Waals surface area contributed by atoms with Crippen LogP contribution < -0.4 is 21.9 Å². The summed E-state index contributed by atoms with van der Waals surface area (Å²) >= 11 is 0. The van der Waals surface area contributed by atoms with Crippen molar-refractivity contribution in [2.24, 2.45) is 0 Å². The summed E-state index contributed by atoms with van der Waals surface area (Å²) in [6.07, 6.45) is 0. The third-order valence-electron chi connectivity index (χ3n) is 11.0. The molecule has 2 heterocycles. The fourth-order valence-electron chi connectivity index (χ4n) is 8.15. The van der Waals surface area contributed by atoms with Crippen LogP contribution in [0.5, 0.6) is 0 Å². The Morgan fingerprint density at radius 3 is 0.981 bits per heavy atom. The minimum atomic E-state index is -0.520. The average molecular weight is 695 g/mol. The van der Waals surface area contributed by atoms with E-state index in [-0.39, 0.29) is 35.6 Å². The molecule has 0 saturated carbocycles. The van der Waals surface area contributed by atoms with Crippen molar-refractivity contribution < 1.29 is 19.5 Å². The van der Waals surface area contributed by atoms with Crippen LogP contribution in [0.4, 0.5) is 0 Å². The molecule has 0 spiro atoms. The molecule has 4 aromatic rings. The maximum absolute atomic E-state index is 12.1. The van der Waals surface area contributed by atoms with Gasteiger partial charge in [0, 0.05) is 0 Å². The first kappa shape index (κ1) is 37.4. The summed E-state index contributed by atoms with van der Waals surface area (Å²) in [6.45, 7) is 25.7. The van der Waals surface area contributed by atoms with Crippen LogP contribution in [0.2, 0.25) is 0 Å². The lowest BCUT2D eigenvalue weighted by atomic mass is 9.47. The van der Waals surface area contributed by atoms with Crippen molar-refractivity contribution in [3.05, 3.63) is 129 Å². The molecule has 0 unspecified atom stereocenters. The number of allylic oxidation sites excluding steroid dienone is 2. The van der Waals surface area contributed by atoms with Gasteiger partial charge in [-0.2, -0.15) is 0 Å². The second kappa shape index (κ2) is 14.6. The Hall–Kier alpha value is -4.31. The summed E-state index contributed by atoms with van der Waals surface area (Å²) in [5, 5.41) is 24.2. The van der Waals surface area contributed by atoms with E-state index in [9.17, 15) is 10.2 Å². The Morgan fingerprint density at radius 1 is 0.423 bits per heavy atom. The van der Waals surface area contributed by atoms with Crippen molar-refractivity contribution >= 4 is 46.8 Å². The second-order valence-corrected chi connectivity index (χ2v) is 16.7. The number of fused-ring (bicyclic) bond motifs is 2. The van der Waals surface area contributed by atoms with Crippen LogP contribution in [0.15, 0.2) is 84.7 Å². The van der Waals surface area contributed by atoms with E-state index in [1.54, 1.807) is 0 Å². The molecule has 0 saturated heterocycles. The Morgan fingerprint density at radius 2 is 0.712 bits per heavy atom. The Labute approximate surface area is 313 Å². The summed E-state index contributed by atoms with van der Waals surface area (Å²) in [5.41, 5.74) is 14.2. The molecule has 2 aliphatic rings. The molecule has 0 aliphatic carbocycles. The highest BCUT2D eigenvalue weighted by Gasteiger charge is 2.44. The molecule has 0 bridgehead atoms. The zero-order valence-electron chi connectivity index (χ0n) is 33.3. The van der Waals surface area contributed by atoms with Gasteiger partial charge in [0.25, 0.3) is 11.9 Å². The molecule has 52 heavy (non-hydrogen) atoms. The fraction of sp³-hybridized carbons (Fsp3) is 0.391. The van der Waals surface area contributed by atoms with Crippen LogP contribution >= 0.6 is 0 Å². The molecular weight excluding hydrogens is 638 g/mol. The third kappa shape index (κ3) is 6.59. The maximum atomic E-state index is 12.1. The van der Waals surface area contributed by atoms with Crippen molar-refractivity contribution in [3.63, 3.8) is 0 Å². The molecule has 4 nitrogen and oxygen atoms in total. The van der Waals surface area contributed by atoms with Gasteiger partial charge in [0.15, 0.2) is 0 Å². The number of hydrogen-bond acceptors (Lipinski definition) is 4. The Kier molecular flexibility index (Phi) is 10.5. The molecule has 2 N–H and O–H groups in total. The number of aliphatic hydroxyl groups is 2. The van der Waals surface area contributed by atoms with Gasteiger partial charge in [0.2, 0.25) is 0 Å². The largest absolute Gasteiger partial charge is 0.525 e. The molecule has 6 rings (SSSR count). The summed E-state index contributed by atoms with van der Waals surface area (Å²) in [7, 11) is 0. The molecule has 6 heteroatoms. The summed E-state index contributed by atoms with van der Waals surface area (Å²) in [5.74, 6) is 1.33. The van der Waals surface area contributed by atoms with Crippen LogP contribution in [-0.2, 0) is 9.31 Å². The molecule has 0 amide bonds. The number of rotatable bonds is 9. The first-order chi connectivity index (χ1) is 24.6. The molecule has 0 aromatic heterocycles. The van der Waals surface area contributed by atoms with E-state index >= 15 is 0 Å². The lowest BCUT2D eigenvalue weighted by molar-refractivity contribution is 0.209. The van der Waals surface area contributed by atoms with Crippen LogP contribution in [0.25, 0.3) is 11.1 Å². The SMILES string of the molecule is CC(C)c1cc(C(C)C)c(B2OC(O)=C(C3=C(O)OB(c4c(C(C)C)cc(C(C)C)cc4C(C)C)c4ccccc43)c3ccccc32)c(C(C)C)c1. The smallest absolute Gasteiger partial charge is 0.430 e. The highest BCUT2D eigenvalue weighted by Crippen LogP contribution is 2.40. The minimum Gasteiger partial charge on any atom is -0.525 e. The van der Waals surface area contributed by atoms with Crippen LogP contribution in [0.3, 0.4) is 0 Å². The van der Waals surface area contributed by atoms with Gasteiger partial charge in [-0.3, -0.25) is 0 Å². The number of hydrogen-bond donors (Lipinski definition) is 2. The molecule has 0 radical (unpaired) electrons. The van der Waals surface area contributed by atoms with Crippen LogP contribution in [0, 0.1) is 0 Å². The lowest BCUT2D eigenvalue weighted by Gasteiger charge is -2.34. The summed E-state index contributed by atoms with van der Waals surface area (Å²) in [6, 6.07) is 25.5. The lowest BCUT2D eigenvalue weighted by Crippen LogP contribution is -2.53. The van der Waals surface area contributed by atoms with Gasteiger partial charge in [0.1, 0.15) is 0 Å². The second-order valence-electron chi connectivity index (χ2n) is 16.7. The van der Waals surface area contributed by atoms with E-state index in [1.165, 1.54) is 33.4 Å². The van der Waals surface area contributed by atoms with Crippen molar-refractivity contribution in [3.8, 4) is 0 Å². The van der Waals surface area contributed by atoms with E-state index in [0.29, 0.717) is 23.0 Å². The van der Waals surface area contributed by atoms with Gasteiger partial charge in [-0.1, -0.05) is 156 Å². The van der Waals surface area contributed by atoms with Gasteiger partial charge >= 0.3 is 13.8 Å². The average Bonchev–Trinajstić information content (AvgIpc) is 3.10. The van der Waals surface area contributed by atoms with Gasteiger partial charge in [-0.25, -0.2) is 0 Å². The van der Waals surface area contributed by atoms with Gasteiger partial charge in [0.05, 0.1) is 11.1 Å². The number of aliphatic hydroxyl groups excluding tert-OH is 2. The normalized spacial score (nSPS) is 14.7. The standard InChI is InChI=1S/C46H56B2O4/c1-25(2)31-21-35(27(5)6)43(36(22-31)28(7)8)47-39-19-15-13-17-33(39)41(45(49)51-47)42-34-18-14-16-20-40(34)48(52-46(42)50)44-37(29(9)10)23-32(26(3)4)24-38(44)30(11)12/h13-30,49-50H,1-12H3. The van der Waals surface area contributed by atoms with Crippen molar-refractivity contribution in [2.75, 3.05) is 0 Å². The van der Waals surface area contributed by atoms with E-state index < -0.39 is 13.8 Å².